The molecule has 0 aliphatic carbocycles. The Labute approximate surface area is 179 Å². The summed E-state index contributed by atoms with van der Waals surface area (Å²) in [5, 5.41) is 11.8. The SMILES string of the molecule is CC(C)(F)c1nnc(C(=O)N2CCc3[nH]cnc3C2c2cc3c(C(F)F)cccn3n2)o1. The second-order valence-corrected chi connectivity index (χ2v) is 7.97. The second-order valence-electron chi connectivity index (χ2n) is 7.97. The summed E-state index contributed by atoms with van der Waals surface area (Å²) in [7, 11) is 0. The Morgan fingerprint density at radius 1 is 1.34 bits per heavy atom. The molecule has 1 atom stereocenters. The minimum absolute atomic E-state index is 0.172. The maximum atomic E-state index is 14.1. The van der Waals surface area contributed by atoms with Gasteiger partial charge in [0.1, 0.15) is 6.04 Å². The number of H-pyrrole nitrogens is 1. The lowest BCUT2D eigenvalue weighted by Gasteiger charge is -2.32. The van der Waals surface area contributed by atoms with E-state index >= 15 is 0 Å². The van der Waals surface area contributed by atoms with Crippen molar-refractivity contribution < 1.29 is 22.4 Å². The highest BCUT2D eigenvalue weighted by molar-refractivity contribution is 5.90. The summed E-state index contributed by atoms with van der Waals surface area (Å²) < 4.78 is 47.7. The fraction of sp³-hybridized carbons (Fsp3) is 0.350. The number of hydrogen-bond donors (Lipinski definition) is 1. The van der Waals surface area contributed by atoms with E-state index in [0.29, 0.717) is 17.8 Å². The largest absolute Gasteiger partial charge is 0.413 e. The van der Waals surface area contributed by atoms with Crippen LogP contribution in [0, 0.1) is 0 Å². The first-order valence-corrected chi connectivity index (χ1v) is 9.86. The monoisotopic (exact) mass is 445 g/mol. The van der Waals surface area contributed by atoms with E-state index in [2.05, 4.69) is 25.3 Å². The van der Waals surface area contributed by atoms with Crippen LogP contribution in [0.15, 0.2) is 35.1 Å². The number of carbonyl (C=O) groups excluding carboxylic acids is 1. The Morgan fingerprint density at radius 2 is 2.16 bits per heavy atom. The molecule has 1 aliphatic heterocycles. The third-order valence-corrected chi connectivity index (χ3v) is 5.37. The van der Waals surface area contributed by atoms with Gasteiger partial charge in [-0.1, -0.05) is 0 Å². The Balaban J connectivity index is 1.60. The molecule has 166 valence electrons. The van der Waals surface area contributed by atoms with E-state index in [1.54, 1.807) is 6.20 Å². The normalized spacial score (nSPS) is 16.7. The number of aromatic amines is 1. The number of fused-ring (bicyclic) bond motifs is 2. The van der Waals surface area contributed by atoms with Gasteiger partial charge >= 0.3 is 11.8 Å². The van der Waals surface area contributed by atoms with Crippen LogP contribution in [-0.2, 0) is 12.1 Å². The summed E-state index contributed by atoms with van der Waals surface area (Å²) in [6, 6.07) is 3.54. The van der Waals surface area contributed by atoms with Crippen LogP contribution in [0.25, 0.3) is 5.52 Å². The lowest BCUT2D eigenvalue weighted by atomic mass is 9.99. The standard InChI is InChI=1S/C20H18F3N7O2/c1-20(2,23)19-27-26-17(32-19)18(31)29-7-5-11-14(25-9-24-11)15(29)12-8-13-10(16(21)22)4-3-6-30(13)28-12/h3-4,6,8-9,15-16H,5,7H2,1-2H3,(H,24,25). The quantitative estimate of drug-likeness (QED) is 0.516. The molecule has 5 rings (SSSR count). The number of nitrogens with one attached hydrogen (secondary N) is 1. The van der Waals surface area contributed by atoms with Gasteiger partial charge in [0.25, 0.3) is 12.3 Å². The van der Waals surface area contributed by atoms with Crippen molar-refractivity contribution in [1.29, 1.82) is 0 Å². The number of hydrogen-bond acceptors (Lipinski definition) is 6. The van der Waals surface area contributed by atoms with Gasteiger partial charge in [0.2, 0.25) is 0 Å². The molecule has 0 fully saturated rings. The molecular weight excluding hydrogens is 427 g/mol. The minimum Gasteiger partial charge on any atom is -0.413 e. The molecule has 1 unspecified atom stereocenters. The molecule has 0 bridgehead atoms. The number of alkyl halides is 3. The highest BCUT2D eigenvalue weighted by atomic mass is 19.3. The molecule has 0 saturated carbocycles. The number of carbonyl (C=O) groups is 1. The van der Waals surface area contributed by atoms with Crippen LogP contribution in [-0.4, -0.2) is 47.1 Å². The summed E-state index contributed by atoms with van der Waals surface area (Å²) in [5.74, 6) is -1.31. The zero-order valence-corrected chi connectivity index (χ0v) is 17.1. The van der Waals surface area contributed by atoms with Gasteiger partial charge < -0.3 is 14.3 Å². The molecule has 32 heavy (non-hydrogen) atoms. The van der Waals surface area contributed by atoms with Crippen LogP contribution in [0.4, 0.5) is 13.2 Å². The van der Waals surface area contributed by atoms with Gasteiger partial charge in [0.05, 0.1) is 23.2 Å². The molecule has 1 N–H and O–H groups in total. The van der Waals surface area contributed by atoms with Crippen molar-refractivity contribution in [1.82, 2.24) is 34.7 Å². The van der Waals surface area contributed by atoms with Crippen molar-refractivity contribution in [3.8, 4) is 0 Å². The predicted octanol–water partition coefficient (Wildman–Crippen LogP) is 3.37. The molecule has 12 heteroatoms. The van der Waals surface area contributed by atoms with Crippen molar-refractivity contribution in [2.24, 2.45) is 0 Å². The number of imidazole rings is 1. The third kappa shape index (κ3) is 3.22. The minimum atomic E-state index is -2.69. The molecule has 4 aromatic rings. The Bertz CT molecular complexity index is 1300. The first kappa shape index (κ1) is 20.2. The summed E-state index contributed by atoms with van der Waals surface area (Å²) in [4.78, 5) is 22.1. The second kappa shape index (κ2) is 7.18. The van der Waals surface area contributed by atoms with Crippen LogP contribution >= 0.6 is 0 Å². The summed E-state index contributed by atoms with van der Waals surface area (Å²) in [6.45, 7) is 2.74. The molecule has 0 aromatic carbocycles. The highest BCUT2D eigenvalue weighted by Crippen LogP contribution is 2.35. The first-order valence-electron chi connectivity index (χ1n) is 9.86. The van der Waals surface area contributed by atoms with E-state index in [4.69, 9.17) is 4.42 Å². The van der Waals surface area contributed by atoms with Gasteiger partial charge in [-0.2, -0.15) is 5.10 Å². The molecule has 0 spiro atoms. The fourth-order valence-corrected chi connectivity index (χ4v) is 3.84. The number of aromatic nitrogens is 6. The van der Waals surface area contributed by atoms with E-state index in [1.165, 1.54) is 47.8 Å². The van der Waals surface area contributed by atoms with Gasteiger partial charge in [0.15, 0.2) is 5.67 Å². The summed E-state index contributed by atoms with van der Waals surface area (Å²) in [6.07, 6.45) is 0.846. The van der Waals surface area contributed by atoms with E-state index in [9.17, 15) is 18.0 Å². The molecule has 4 aromatic heterocycles. The van der Waals surface area contributed by atoms with Gasteiger partial charge in [-0.15, -0.1) is 10.2 Å². The predicted molar refractivity (Wildman–Crippen MR) is 104 cm³/mol. The molecule has 0 radical (unpaired) electrons. The number of amides is 1. The van der Waals surface area contributed by atoms with Gasteiger partial charge in [-0.25, -0.2) is 22.7 Å². The molecule has 5 heterocycles. The van der Waals surface area contributed by atoms with E-state index in [0.717, 1.165) is 5.69 Å². The van der Waals surface area contributed by atoms with Crippen molar-refractivity contribution in [2.75, 3.05) is 6.54 Å². The van der Waals surface area contributed by atoms with Gasteiger partial charge in [-0.3, -0.25) is 4.79 Å². The van der Waals surface area contributed by atoms with E-state index in [-0.39, 0.29) is 29.4 Å². The molecule has 0 saturated heterocycles. The lowest BCUT2D eigenvalue weighted by Crippen LogP contribution is -2.41. The first-order chi connectivity index (χ1) is 15.2. The summed E-state index contributed by atoms with van der Waals surface area (Å²) in [5.41, 5.74) is -0.153. The topological polar surface area (TPSA) is 105 Å². The average Bonchev–Trinajstić information content (AvgIpc) is 3.50. The Kier molecular flexibility index (Phi) is 4.53. The van der Waals surface area contributed by atoms with Crippen molar-refractivity contribution in [2.45, 2.75) is 38.4 Å². The zero-order chi connectivity index (χ0) is 22.6. The van der Waals surface area contributed by atoms with Crippen LogP contribution in [0.2, 0.25) is 0 Å². The highest BCUT2D eigenvalue weighted by Gasteiger charge is 2.39. The molecule has 1 amide bonds. The molecule has 1 aliphatic rings. The number of rotatable bonds is 4. The van der Waals surface area contributed by atoms with E-state index < -0.39 is 24.0 Å². The summed E-state index contributed by atoms with van der Waals surface area (Å²) >= 11 is 0. The van der Waals surface area contributed by atoms with Gasteiger partial charge in [-0.05, 0) is 32.0 Å². The number of halogens is 3. The third-order valence-electron chi connectivity index (χ3n) is 5.37. The number of nitrogens with zero attached hydrogens (tertiary/aromatic N) is 6. The van der Waals surface area contributed by atoms with Crippen molar-refractivity contribution in [3.05, 3.63) is 65.1 Å². The number of pyridine rings is 1. The zero-order valence-electron chi connectivity index (χ0n) is 17.1. The van der Waals surface area contributed by atoms with Gasteiger partial charge in [0, 0.05) is 30.4 Å². The lowest BCUT2D eigenvalue weighted by molar-refractivity contribution is 0.0636. The van der Waals surface area contributed by atoms with Crippen LogP contribution < -0.4 is 0 Å². The van der Waals surface area contributed by atoms with Crippen molar-refractivity contribution in [3.63, 3.8) is 0 Å². The fourth-order valence-electron chi connectivity index (χ4n) is 3.84. The Morgan fingerprint density at radius 3 is 2.88 bits per heavy atom. The van der Waals surface area contributed by atoms with Crippen LogP contribution in [0.1, 0.15) is 65.5 Å². The Hall–Kier alpha value is -3.70. The smallest absolute Gasteiger partial charge is 0.312 e. The van der Waals surface area contributed by atoms with Crippen molar-refractivity contribution >= 4 is 11.4 Å². The van der Waals surface area contributed by atoms with E-state index in [1.807, 2.05) is 0 Å². The maximum Gasteiger partial charge on any atom is 0.312 e. The average molecular weight is 445 g/mol. The van der Waals surface area contributed by atoms with Crippen LogP contribution in [0.3, 0.4) is 0 Å². The molecular formula is C20H18F3N7O2. The molecule has 9 nitrogen and oxygen atoms in total. The van der Waals surface area contributed by atoms with Crippen LogP contribution in [0.5, 0.6) is 0 Å². The maximum absolute atomic E-state index is 14.1.